The fourth-order valence-corrected chi connectivity index (χ4v) is 1.65. The summed E-state index contributed by atoms with van der Waals surface area (Å²) in [6.45, 7) is 2.77. The highest BCUT2D eigenvalue weighted by molar-refractivity contribution is 5.80. The molecule has 5 nitrogen and oxygen atoms in total. The Bertz CT molecular complexity index is 440. The van der Waals surface area contributed by atoms with Crippen molar-refractivity contribution < 1.29 is 18.7 Å². The number of halogens is 1. The Morgan fingerprint density at radius 3 is 2.90 bits per heavy atom. The number of nitrogens with two attached hydrogens (primary N) is 1. The third kappa shape index (κ3) is 4.79. The zero-order valence-corrected chi connectivity index (χ0v) is 11.8. The molecule has 0 aliphatic rings. The van der Waals surface area contributed by atoms with Crippen LogP contribution in [0.1, 0.15) is 18.9 Å². The third-order valence-corrected chi connectivity index (χ3v) is 2.76. The van der Waals surface area contributed by atoms with Gasteiger partial charge in [0.2, 0.25) is 0 Å². The third-order valence-electron chi connectivity index (χ3n) is 2.76. The number of nitrogens with one attached hydrogen (secondary N) is 1. The highest BCUT2D eigenvalue weighted by Crippen LogP contribution is 2.23. The lowest BCUT2D eigenvalue weighted by molar-refractivity contribution is -0.127. The number of para-hydroxylation sites is 1. The number of benzene rings is 1. The van der Waals surface area contributed by atoms with Crippen LogP contribution >= 0.6 is 0 Å². The molecule has 1 unspecified atom stereocenters. The Labute approximate surface area is 118 Å². The highest BCUT2D eigenvalue weighted by Gasteiger charge is 2.18. The van der Waals surface area contributed by atoms with E-state index in [-0.39, 0.29) is 18.2 Å². The Morgan fingerprint density at radius 1 is 1.50 bits per heavy atom. The number of methoxy groups -OCH3 is 1. The van der Waals surface area contributed by atoms with Crippen LogP contribution in [0.3, 0.4) is 0 Å². The average Bonchev–Trinajstić information content (AvgIpc) is 2.45. The zero-order chi connectivity index (χ0) is 15.0. The molecule has 20 heavy (non-hydrogen) atoms. The molecule has 1 rings (SSSR count). The molecule has 0 aliphatic carbocycles. The molecule has 112 valence electrons. The maximum absolute atomic E-state index is 13.7. The lowest BCUT2D eigenvalue weighted by Gasteiger charge is -2.17. The monoisotopic (exact) mass is 284 g/mol. The van der Waals surface area contributed by atoms with Gasteiger partial charge in [-0.2, -0.15) is 0 Å². The van der Waals surface area contributed by atoms with E-state index in [0.717, 1.165) is 0 Å². The molecule has 1 amide bonds. The Balaban J connectivity index is 2.57. The average molecular weight is 284 g/mol. The summed E-state index contributed by atoms with van der Waals surface area (Å²) < 4.78 is 24.0. The van der Waals surface area contributed by atoms with Crippen molar-refractivity contribution in [3.63, 3.8) is 0 Å². The number of rotatable bonds is 8. The van der Waals surface area contributed by atoms with Crippen LogP contribution in [-0.4, -0.2) is 32.3 Å². The second-order valence-corrected chi connectivity index (χ2v) is 4.33. The molecule has 0 bridgehead atoms. The molecule has 1 atom stereocenters. The molecule has 0 aliphatic heterocycles. The topological polar surface area (TPSA) is 73.6 Å². The molecule has 6 heteroatoms. The standard InChI is InChI=1S/C14H21FN2O3/c1-10(14(18)17-7-4-8-19-2)20-13-11(9-16)5-3-6-12(13)15/h3,5-6,10H,4,7-9,16H2,1-2H3,(H,17,18). The van der Waals surface area contributed by atoms with Gasteiger partial charge in [-0.1, -0.05) is 12.1 Å². The molecule has 0 spiro atoms. The zero-order valence-electron chi connectivity index (χ0n) is 11.8. The maximum Gasteiger partial charge on any atom is 0.260 e. The largest absolute Gasteiger partial charge is 0.477 e. The van der Waals surface area contributed by atoms with Crippen LogP contribution in [0.4, 0.5) is 4.39 Å². The first-order valence-electron chi connectivity index (χ1n) is 6.51. The molecule has 0 radical (unpaired) electrons. The SMILES string of the molecule is COCCCNC(=O)C(C)Oc1c(F)cccc1CN. The van der Waals surface area contributed by atoms with Crippen LogP contribution in [0.25, 0.3) is 0 Å². The summed E-state index contributed by atoms with van der Waals surface area (Å²) in [6, 6.07) is 4.50. The van der Waals surface area contributed by atoms with Crippen molar-refractivity contribution in [1.82, 2.24) is 5.32 Å². The minimum atomic E-state index is -0.792. The first-order chi connectivity index (χ1) is 9.60. The van der Waals surface area contributed by atoms with E-state index in [4.69, 9.17) is 15.2 Å². The van der Waals surface area contributed by atoms with Crippen molar-refractivity contribution in [1.29, 1.82) is 0 Å². The van der Waals surface area contributed by atoms with Gasteiger partial charge < -0.3 is 20.5 Å². The second-order valence-electron chi connectivity index (χ2n) is 4.33. The Kier molecular flexibility index (Phi) is 6.97. The maximum atomic E-state index is 13.7. The van der Waals surface area contributed by atoms with Crippen molar-refractivity contribution in [3.8, 4) is 5.75 Å². The van der Waals surface area contributed by atoms with Gasteiger partial charge in [0.05, 0.1) is 0 Å². The lowest BCUT2D eigenvalue weighted by Crippen LogP contribution is -2.37. The summed E-state index contributed by atoms with van der Waals surface area (Å²) in [5.74, 6) is -0.783. The van der Waals surface area contributed by atoms with Crippen LogP contribution in [0.15, 0.2) is 18.2 Å². The minimum absolute atomic E-state index is 0.0366. The van der Waals surface area contributed by atoms with Crippen molar-refractivity contribution in [2.45, 2.75) is 26.0 Å². The van der Waals surface area contributed by atoms with Crippen molar-refractivity contribution in [3.05, 3.63) is 29.6 Å². The molecule has 0 fully saturated rings. The van der Waals surface area contributed by atoms with Gasteiger partial charge in [0, 0.05) is 32.4 Å². The predicted octanol–water partition coefficient (Wildman–Crippen LogP) is 1.20. The summed E-state index contributed by atoms with van der Waals surface area (Å²) in [4.78, 5) is 11.8. The predicted molar refractivity (Wildman–Crippen MR) is 73.9 cm³/mol. The normalized spacial score (nSPS) is 12.0. The number of hydrogen-bond donors (Lipinski definition) is 2. The van der Waals surface area contributed by atoms with Gasteiger partial charge in [0.15, 0.2) is 17.7 Å². The van der Waals surface area contributed by atoms with Crippen LogP contribution in [-0.2, 0) is 16.1 Å². The second kappa shape index (κ2) is 8.50. The Hall–Kier alpha value is -1.66. The summed E-state index contributed by atoms with van der Waals surface area (Å²) in [5.41, 5.74) is 6.06. The van der Waals surface area contributed by atoms with E-state index in [0.29, 0.717) is 25.1 Å². The Morgan fingerprint density at radius 2 is 2.25 bits per heavy atom. The molecular weight excluding hydrogens is 263 g/mol. The van der Waals surface area contributed by atoms with E-state index in [2.05, 4.69) is 5.32 Å². The summed E-state index contributed by atoms with van der Waals surface area (Å²) in [7, 11) is 1.60. The highest BCUT2D eigenvalue weighted by atomic mass is 19.1. The van der Waals surface area contributed by atoms with Gasteiger partial charge in [-0.3, -0.25) is 4.79 Å². The van der Waals surface area contributed by atoms with Crippen LogP contribution in [0.2, 0.25) is 0 Å². The van der Waals surface area contributed by atoms with Crippen LogP contribution in [0, 0.1) is 5.82 Å². The quantitative estimate of drug-likeness (QED) is 0.704. The van der Waals surface area contributed by atoms with Crippen molar-refractivity contribution in [2.75, 3.05) is 20.3 Å². The van der Waals surface area contributed by atoms with Gasteiger partial charge in [0.1, 0.15) is 0 Å². The smallest absolute Gasteiger partial charge is 0.260 e. The van der Waals surface area contributed by atoms with Gasteiger partial charge in [-0.05, 0) is 19.4 Å². The number of carbonyl (C=O) groups excluding carboxylic acids is 1. The first-order valence-corrected chi connectivity index (χ1v) is 6.51. The molecule has 1 aromatic carbocycles. The molecule has 0 aromatic heterocycles. The van der Waals surface area contributed by atoms with Crippen molar-refractivity contribution in [2.24, 2.45) is 5.73 Å². The molecule has 0 saturated carbocycles. The summed E-state index contributed by atoms with van der Waals surface area (Å²) >= 11 is 0. The fraction of sp³-hybridized carbons (Fsp3) is 0.500. The van der Waals surface area contributed by atoms with E-state index in [1.165, 1.54) is 6.07 Å². The van der Waals surface area contributed by atoms with Gasteiger partial charge in [-0.15, -0.1) is 0 Å². The molecule has 0 heterocycles. The number of amides is 1. The number of ether oxygens (including phenoxy) is 2. The molecule has 1 aromatic rings. The van der Waals surface area contributed by atoms with E-state index in [1.54, 1.807) is 26.2 Å². The minimum Gasteiger partial charge on any atom is -0.477 e. The van der Waals surface area contributed by atoms with Crippen molar-refractivity contribution >= 4 is 5.91 Å². The number of hydrogen-bond acceptors (Lipinski definition) is 4. The lowest BCUT2D eigenvalue weighted by atomic mass is 10.2. The van der Waals surface area contributed by atoms with Gasteiger partial charge in [0.25, 0.3) is 5.91 Å². The first kappa shape index (κ1) is 16.4. The number of carbonyl (C=O) groups is 1. The molecule has 3 N–H and O–H groups in total. The van der Waals surface area contributed by atoms with E-state index >= 15 is 0 Å². The molecule has 0 saturated heterocycles. The van der Waals surface area contributed by atoms with E-state index in [1.807, 2.05) is 0 Å². The van der Waals surface area contributed by atoms with Crippen LogP contribution < -0.4 is 15.8 Å². The fourth-order valence-electron chi connectivity index (χ4n) is 1.65. The summed E-state index contributed by atoms with van der Waals surface area (Å²) in [5, 5.41) is 2.70. The van der Waals surface area contributed by atoms with E-state index < -0.39 is 11.9 Å². The van der Waals surface area contributed by atoms with Gasteiger partial charge in [-0.25, -0.2) is 4.39 Å². The van der Waals surface area contributed by atoms with Crippen LogP contribution in [0.5, 0.6) is 5.75 Å². The van der Waals surface area contributed by atoms with Gasteiger partial charge >= 0.3 is 0 Å². The van der Waals surface area contributed by atoms with E-state index in [9.17, 15) is 9.18 Å². The summed E-state index contributed by atoms with van der Waals surface area (Å²) in [6.07, 6.45) is -0.0809. The molecular formula is C14H21FN2O3.